The Morgan fingerprint density at radius 2 is 2.06 bits per heavy atom. The minimum absolute atomic E-state index is 0.0978. The summed E-state index contributed by atoms with van der Waals surface area (Å²) in [5.74, 6) is 0.400. The van der Waals surface area contributed by atoms with Gasteiger partial charge in [-0.25, -0.2) is 4.68 Å². The number of nitrogens with two attached hydrogens (primary N) is 1. The molecule has 0 fully saturated rings. The van der Waals surface area contributed by atoms with Crippen LogP contribution in [0.15, 0.2) is 35.1 Å². The lowest BCUT2D eigenvalue weighted by Crippen LogP contribution is -2.16. The lowest BCUT2D eigenvalue weighted by molar-refractivity contribution is 0.666. The molecule has 0 amide bonds. The normalized spacial score (nSPS) is 10.6. The first-order valence-corrected chi connectivity index (χ1v) is 5.32. The van der Waals surface area contributed by atoms with Crippen molar-refractivity contribution < 1.29 is 0 Å². The average Bonchev–Trinajstić information content (AvgIpc) is 2.58. The molecule has 4 nitrogen and oxygen atoms in total. The number of anilines is 1. The van der Waals surface area contributed by atoms with E-state index in [4.69, 9.17) is 5.73 Å². The van der Waals surface area contributed by atoms with Gasteiger partial charge in [-0.15, -0.1) is 0 Å². The predicted octanol–water partition coefficient (Wildman–Crippen LogP) is 1.37. The first-order chi connectivity index (χ1) is 7.69. The van der Waals surface area contributed by atoms with E-state index >= 15 is 0 Å². The summed E-state index contributed by atoms with van der Waals surface area (Å²) in [4.78, 5) is 11.5. The topological polar surface area (TPSA) is 63.8 Å². The maximum atomic E-state index is 11.5. The molecule has 3 N–H and O–H groups in total. The molecule has 4 heteroatoms. The van der Waals surface area contributed by atoms with Gasteiger partial charge in [-0.2, -0.15) is 0 Å². The maximum Gasteiger partial charge on any atom is 0.268 e. The summed E-state index contributed by atoms with van der Waals surface area (Å²) >= 11 is 0. The lowest BCUT2D eigenvalue weighted by atomic mass is 10.1. The molecule has 0 atom stereocenters. The fraction of sp³-hybridized carbons (Fsp3) is 0.250. The van der Waals surface area contributed by atoms with Crippen LogP contribution in [0.5, 0.6) is 0 Å². The Labute approximate surface area is 93.7 Å². The SMILES string of the molecule is CCc1cccc(Cn2[nH]c(N)cc2=O)c1. The zero-order valence-corrected chi connectivity index (χ0v) is 9.23. The summed E-state index contributed by atoms with van der Waals surface area (Å²) < 4.78 is 1.50. The second-order valence-electron chi connectivity index (χ2n) is 3.81. The van der Waals surface area contributed by atoms with E-state index in [0.717, 1.165) is 12.0 Å². The third-order valence-electron chi connectivity index (χ3n) is 2.55. The maximum absolute atomic E-state index is 11.5. The molecule has 1 heterocycles. The van der Waals surface area contributed by atoms with Gasteiger partial charge in [-0.1, -0.05) is 31.2 Å². The Kier molecular flexibility index (Phi) is 2.81. The van der Waals surface area contributed by atoms with Gasteiger partial charge in [0, 0.05) is 6.07 Å². The van der Waals surface area contributed by atoms with Gasteiger partial charge >= 0.3 is 0 Å². The van der Waals surface area contributed by atoms with Crippen LogP contribution in [0, 0.1) is 0 Å². The van der Waals surface area contributed by atoms with E-state index in [1.807, 2.05) is 12.1 Å². The average molecular weight is 217 g/mol. The van der Waals surface area contributed by atoms with Gasteiger partial charge in [0.05, 0.1) is 6.54 Å². The minimum Gasteiger partial charge on any atom is -0.384 e. The summed E-state index contributed by atoms with van der Waals surface area (Å²) in [6.45, 7) is 2.64. The molecule has 2 rings (SSSR count). The smallest absolute Gasteiger partial charge is 0.268 e. The largest absolute Gasteiger partial charge is 0.384 e. The summed E-state index contributed by atoms with van der Waals surface area (Å²) in [5.41, 5.74) is 7.78. The minimum atomic E-state index is -0.0978. The number of nitrogens with zero attached hydrogens (tertiary/aromatic N) is 1. The molecule has 1 aromatic carbocycles. The number of H-pyrrole nitrogens is 1. The Hall–Kier alpha value is -1.97. The van der Waals surface area contributed by atoms with Crippen molar-refractivity contribution in [3.8, 4) is 0 Å². The first-order valence-electron chi connectivity index (χ1n) is 5.32. The molecule has 0 saturated carbocycles. The molecular formula is C12H15N3O. The number of hydrogen-bond acceptors (Lipinski definition) is 2. The fourth-order valence-electron chi connectivity index (χ4n) is 1.70. The number of aromatic amines is 1. The van der Waals surface area contributed by atoms with E-state index in [0.29, 0.717) is 12.4 Å². The Bertz CT molecular complexity index is 539. The van der Waals surface area contributed by atoms with Crippen LogP contribution in [0.2, 0.25) is 0 Å². The number of benzene rings is 1. The third kappa shape index (κ3) is 2.16. The van der Waals surface area contributed by atoms with Crippen molar-refractivity contribution in [3.63, 3.8) is 0 Å². The van der Waals surface area contributed by atoms with Crippen LogP contribution in [0.3, 0.4) is 0 Å². The summed E-state index contributed by atoms with van der Waals surface area (Å²) in [7, 11) is 0. The van der Waals surface area contributed by atoms with E-state index in [1.54, 1.807) is 0 Å². The van der Waals surface area contributed by atoms with Gasteiger partial charge in [0.2, 0.25) is 0 Å². The van der Waals surface area contributed by atoms with E-state index < -0.39 is 0 Å². The highest BCUT2D eigenvalue weighted by Gasteiger charge is 2.01. The third-order valence-corrected chi connectivity index (χ3v) is 2.55. The van der Waals surface area contributed by atoms with Crippen LogP contribution in [0.25, 0.3) is 0 Å². The van der Waals surface area contributed by atoms with Crippen molar-refractivity contribution in [1.29, 1.82) is 0 Å². The molecule has 84 valence electrons. The lowest BCUT2D eigenvalue weighted by Gasteiger charge is -2.04. The van der Waals surface area contributed by atoms with E-state index in [1.165, 1.54) is 16.3 Å². The Morgan fingerprint density at radius 1 is 1.31 bits per heavy atom. The highest BCUT2D eigenvalue weighted by Crippen LogP contribution is 2.07. The van der Waals surface area contributed by atoms with Gasteiger partial charge in [0.25, 0.3) is 5.56 Å². The number of aryl methyl sites for hydroxylation is 1. The molecule has 2 aromatic rings. The molecule has 0 bridgehead atoms. The molecule has 16 heavy (non-hydrogen) atoms. The van der Waals surface area contributed by atoms with Crippen molar-refractivity contribution in [1.82, 2.24) is 9.78 Å². The fourth-order valence-corrected chi connectivity index (χ4v) is 1.70. The quantitative estimate of drug-likeness (QED) is 0.815. The number of aromatic nitrogens is 2. The van der Waals surface area contributed by atoms with E-state index in [-0.39, 0.29) is 5.56 Å². The van der Waals surface area contributed by atoms with Crippen molar-refractivity contribution in [2.75, 3.05) is 5.73 Å². The summed E-state index contributed by atoms with van der Waals surface area (Å²) in [6, 6.07) is 9.58. The van der Waals surface area contributed by atoms with Crippen molar-refractivity contribution in [3.05, 3.63) is 51.8 Å². The van der Waals surface area contributed by atoms with Crippen LogP contribution in [-0.2, 0) is 13.0 Å². The van der Waals surface area contributed by atoms with Crippen LogP contribution >= 0.6 is 0 Å². The molecule has 0 unspecified atom stereocenters. The number of nitrogen functional groups attached to an aromatic ring is 1. The molecule has 1 aromatic heterocycles. The van der Waals surface area contributed by atoms with Crippen molar-refractivity contribution in [2.45, 2.75) is 19.9 Å². The van der Waals surface area contributed by atoms with E-state index in [9.17, 15) is 4.79 Å². The molecule has 0 saturated heterocycles. The van der Waals surface area contributed by atoms with Crippen molar-refractivity contribution >= 4 is 5.82 Å². The van der Waals surface area contributed by atoms with Crippen molar-refractivity contribution in [2.24, 2.45) is 0 Å². The zero-order valence-electron chi connectivity index (χ0n) is 9.23. The molecule has 0 aliphatic heterocycles. The highest BCUT2D eigenvalue weighted by molar-refractivity contribution is 5.26. The molecule has 0 radical (unpaired) electrons. The number of rotatable bonds is 3. The van der Waals surface area contributed by atoms with Crippen LogP contribution in [0.4, 0.5) is 5.82 Å². The first kappa shape index (κ1) is 10.5. The van der Waals surface area contributed by atoms with Gasteiger partial charge in [0.1, 0.15) is 5.82 Å². The van der Waals surface area contributed by atoms with Gasteiger partial charge in [-0.3, -0.25) is 9.89 Å². The predicted molar refractivity (Wildman–Crippen MR) is 64.4 cm³/mol. The molecule has 0 aliphatic rings. The summed E-state index contributed by atoms with van der Waals surface area (Å²) in [6.07, 6.45) is 0.996. The standard InChI is InChI=1S/C12H15N3O/c1-2-9-4-3-5-10(6-9)8-15-12(16)7-11(13)14-15/h3-7,14H,2,8,13H2,1H3. The van der Waals surface area contributed by atoms with E-state index in [2.05, 4.69) is 24.2 Å². The second kappa shape index (κ2) is 4.26. The molecular weight excluding hydrogens is 202 g/mol. The Morgan fingerprint density at radius 3 is 2.69 bits per heavy atom. The number of nitrogens with one attached hydrogen (secondary N) is 1. The van der Waals surface area contributed by atoms with Gasteiger partial charge in [-0.05, 0) is 17.5 Å². The molecule has 0 spiro atoms. The second-order valence-corrected chi connectivity index (χ2v) is 3.81. The highest BCUT2D eigenvalue weighted by atomic mass is 16.1. The van der Waals surface area contributed by atoms with Gasteiger partial charge < -0.3 is 5.73 Å². The van der Waals surface area contributed by atoms with Crippen LogP contribution < -0.4 is 11.3 Å². The summed E-state index contributed by atoms with van der Waals surface area (Å²) in [5, 5.41) is 2.81. The van der Waals surface area contributed by atoms with Crippen LogP contribution in [0.1, 0.15) is 18.1 Å². The zero-order chi connectivity index (χ0) is 11.5. The molecule has 0 aliphatic carbocycles. The van der Waals surface area contributed by atoms with Crippen LogP contribution in [-0.4, -0.2) is 9.78 Å². The monoisotopic (exact) mass is 217 g/mol. The number of hydrogen-bond donors (Lipinski definition) is 2. The Balaban J connectivity index is 2.26. The van der Waals surface area contributed by atoms with Gasteiger partial charge in [0.15, 0.2) is 0 Å².